The Labute approximate surface area is 110 Å². The standard InChI is InChI=1S/C15H25NO2/c1-3-13-4-5-14(18-13)10-16-15(11-17)8-6-12(2)7-9-15/h4-5,12,16-17H,3,6-11H2,1-2H3. The van der Waals surface area contributed by atoms with Gasteiger partial charge in [0.15, 0.2) is 0 Å². The van der Waals surface area contributed by atoms with Gasteiger partial charge in [-0.2, -0.15) is 0 Å². The summed E-state index contributed by atoms with van der Waals surface area (Å²) < 4.78 is 5.69. The normalized spacial score (nSPS) is 28.5. The predicted octanol–water partition coefficient (Wildman–Crippen LogP) is 2.87. The van der Waals surface area contributed by atoms with Crippen molar-refractivity contribution in [1.82, 2.24) is 5.32 Å². The molecule has 1 heterocycles. The number of aryl methyl sites for hydroxylation is 1. The summed E-state index contributed by atoms with van der Waals surface area (Å²) in [5.74, 6) is 2.79. The van der Waals surface area contributed by atoms with Crippen LogP contribution in [0, 0.1) is 5.92 Å². The smallest absolute Gasteiger partial charge is 0.117 e. The minimum atomic E-state index is -0.0916. The Morgan fingerprint density at radius 2 is 2.00 bits per heavy atom. The van der Waals surface area contributed by atoms with E-state index in [1.807, 2.05) is 12.1 Å². The maximum atomic E-state index is 9.66. The van der Waals surface area contributed by atoms with Crippen LogP contribution in [-0.2, 0) is 13.0 Å². The molecule has 0 bridgehead atoms. The second-order valence-corrected chi connectivity index (χ2v) is 5.70. The van der Waals surface area contributed by atoms with Gasteiger partial charge in [-0.25, -0.2) is 0 Å². The number of hydrogen-bond acceptors (Lipinski definition) is 3. The molecule has 0 saturated heterocycles. The van der Waals surface area contributed by atoms with Gasteiger partial charge in [0.05, 0.1) is 13.2 Å². The van der Waals surface area contributed by atoms with Crippen molar-refractivity contribution < 1.29 is 9.52 Å². The van der Waals surface area contributed by atoms with Gasteiger partial charge >= 0.3 is 0 Å². The summed E-state index contributed by atoms with van der Waals surface area (Å²) >= 11 is 0. The van der Waals surface area contributed by atoms with Crippen LogP contribution in [0.3, 0.4) is 0 Å². The Morgan fingerprint density at radius 3 is 2.56 bits per heavy atom. The van der Waals surface area contributed by atoms with E-state index in [-0.39, 0.29) is 12.1 Å². The van der Waals surface area contributed by atoms with Gasteiger partial charge < -0.3 is 14.8 Å². The van der Waals surface area contributed by atoms with Gasteiger partial charge in [0.25, 0.3) is 0 Å². The highest BCUT2D eigenvalue weighted by Crippen LogP contribution is 2.31. The van der Waals surface area contributed by atoms with E-state index in [2.05, 4.69) is 19.2 Å². The van der Waals surface area contributed by atoms with Crippen molar-refractivity contribution in [3.8, 4) is 0 Å². The zero-order valence-corrected chi connectivity index (χ0v) is 11.5. The first kappa shape index (κ1) is 13.6. The number of rotatable bonds is 5. The molecule has 0 spiro atoms. The summed E-state index contributed by atoms with van der Waals surface area (Å²) in [7, 11) is 0. The molecule has 1 aliphatic rings. The van der Waals surface area contributed by atoms with Gasteiger partial charge in [0.2, 0.25) is 0 Å². The van der Waals surface area contributed by atoms with Crippen molar-refractivity contribution in [2.24, 2.45) is 5.92 Å². The molecule has 1 aliphatic carbocycles. The Kier molecular flexibility index (Phi) is 4.46. The van der Waals surface area contributed by atoms with Gasteiger partial charge in [0, 0.05) is 12.0 Å². The van der Waals surface area contributed by atoms with E-state index in [0.717, 1.165) is 43.2 Å². The second kappa shape index (κ2) is 5.89. The summed E-state index contributed by atoms with van der Waals surface area (Å²) in [6, 6.07) is 4.06. The molecule has 1 saturated carbocycles. The molecule has 2 rings (SSSR count). The molecular weight excluding hydrogens is 226 g/mol. The van der Waals surface area contributed by atoms with E-state index in [4.69, 9.17) is 4.42 Å². The summed E-state index contributed by atoms with van der Waals surface area (Å²) in [6.45, 7) is 5.32. The maximum absolute atomic E-state index is 9.66. The average molecular weight is 251 g/mol. The number of aliphatic hydroxyl groups excluding tert-OH is 1. The van der Waals surface area contributed by atoms with Crippen LogP contribution >= 0.6 is 0 Å². The first-order valence-electron chi connectivity index (χ1n) is 7.11. The summed E-state index contributed by atoms with van der Waals surface area (Å²) in [4.78, 5) is 0. The topological polar surface area (TPSA) is 45.4 Å². The van der Waals surface area contributed by atoms with Crippen molar-refractivity contribution in [2.45, 2.75) is 58.0 Å². The second-order valence-electron chi connectivity index (χ2n) is 5.70. The third-order valence-electron chi connectivity index (χ3n) is 4.24. The van der Waals surface area contributed by atoms with E-state index >= 15 is 0 Å². The van der Waals surface area contributed by atoms with E-state index in [1.54, 1.807) is 0 Å². The molecule has 0 radical (unpaired) electrons. The van der Waals surface area contributed by atoms with Gasteiger partial charge in [-0.1, -0.05) is 13.8 Å². The molecule has 1 fully saturated rings. The highest BCUT2D eigenvalue weighted by atomic mass is 16.3. The molecule has 0 amide bonds. The fourth-order valence-corrected chi connectivity index (χ4v) is 2.69. The monoisotopic (exact) mass is 251 g/mol. The molecule has 1 aromatic rings. The molecule has 1 aromatic heterocycles. The molecule has 0 aromatic carbocycles. The van der Waals surface area contributed by atoms with Gasteiger partial charge in [-0.3, -0.25) is 0 Å². The average Bonchev–Trinajstić information content (AvgIpc) is 2.87. The number of furan rings is 1. The molecular formula is C15H25NO2. The molecule has 3 nitrogen and oxygen atoms in total. The highest BCUT2D eigenvalue weighted by Gasteiger charge is 2.33. The SMILES string of the molecule is CCc1ccc(CNC2(CO)CCC(C)CC2)o1. The van der Waals surface area contributed by atoms with Crippen LogP contribution in [0.25, 0.3) is 0 Å². The molecule has 18 heavy (non-hydrogen) atoms. The van der Waals surface area contributed by atoms with Gasteiger partial charge in [0.1, 0.15) is 11.5 Å². The fourth-order valence-electron chi connectivity index (χ4n) is 2.69. The van der Waals surface area contributed by atoms with Crippen LogP contribution in [-0.4, -0.2) is 17.3 Å². The van der Waals surface area contributed by atoms with Crippen LogP contribution < -0.4 is 5.32 Å². The zero-order valence-electron chi connectivity index (χ0n) is 11.5. The van der Waals surface area contributed by atoms with Crippen molar-refractivity contribution in [3.05, 3.63) is 23.7 Å². The van der Waals surface area contributed by atoms with Crippen LogP contribution in [0.15, 0.2) is 16.5 Å². The Hall–Kier alpha value is -0.800. The summed E-state index contributed by atoms with van der Waals surface area (Å²) in [5.41, 5.74) is -0.0916. The summed E-state index contributed by atoms with van der Waals surface area (Å²) in [5, 5.41) is 13.2. The van der Waals surface area contributed by atoms with Crippen molar-refractivity contribution >= 4 is 0 Å². The van der Waals surface area contributed by atoms with Crippen LogP contribution in [0.5, 0.6) is 0 Å². The van der Waals surface area contributed by atoms with Crippen molar-refractivity contribution in [2.75, 3.05) is 6.61 Å². The lowest BCUT2D eigenvalue weighted by molar-refractivity contribution is 0.102. The number of hydrogen-bond donors (Lipinski definition) is 2. The number of nitrogens with one attached hydrogen (secondary N) is 1. The summed E-state index contributed by atoms with van der Waals surface area (Å²) in [6.07, 6.45) is 5.46. The molecule has 0 atom stereocenters. The molecule has 102 valence electrons. The first-order valence-corrected chi connectivity index (χ1v) is 7.11. The minimum absolute atomic E-state index is 0.0916. The zero-order chi connectivity index (χ0) is 13.0. The van der Waals surface area contributed by atoms with E-state index < -0.39 is 0 Å². The fraction of sp³-hybridized carbons (Fsp3) is 0.733. The lowest BCUT2D eigenvalue weighted by Crippen LogP contribution is -2.50. The lowest BCUT2D eigenvalue weighted by Gasteiger charge is -2.38. The molecule has 0 unspecified atom stereocenters. The third kappa shape index (κ3) is 3.15. The van der Waals surface area contributed by atoms with Gasteiger partial charge in [-0.05, 0) is 43.7 Å². The quantitative estimate of drug-likeness (QED) is 0.846. The lowest BCUT2D eigenvalue weighted by atomic mass is 9.77. The largest absolute Gasteiger partial charge is 0.465 e. The third-order valence-corrected chi connectivity index (χ3v) is 4.24. The minimum Gasteiger partial charge on any atom is -0.465 e. The molecule has 0 aliphatic heterocycles. The maximum Gasteiger partial charge on any atom is 0.117 e. The Balaban J connectivity index is 1.90. The Morgan fingerprint density at radius 1 is 1.33 bits per heavy atom. The number of aliphatic hydroxyl groups is 1. The van der Waals surface area contributed by atoms with Crippen LogP contribution in [0.1, 0.15) is 51.1 Å². The van der Waals surface area contributed by atoms with Gasteiger partial charge in [-0.15, -0.1) is 0 Å². The Bertz CT molecular complexity index is 364. The van der Waals surface area contributed by atoms with Crippen LogP contribution in [0.2, 0.25) is 0 Å². The molecule has 2 N–H and O–H groups in total. The van der Waals surface area contributed by atoms with E-state index in [1.165, 1.54) is 12.8 Å². The van der Waals surface area contributed by atoms with E-state index in [9.17, 15) is 5.11 Å². The predicted molar refractivity (Wildman–Crippen MR) is 72.4 cm³/mol. The molecule has 3 heteroatoms. The van der Waals surface area contributed by atoms with Crippen molar-refractivity contribution in [1.29, 1.82) is 0 Å². The van der Waals surface area contributed by atoms with Crippen LogP contribution in [0.4, 0.5) is 0 Å². The van der Waals surface area contributed by atoms with E-state index in [0.29, 0.717) is 0 Å². The van der Waals surface area contributed by atoms with Crippen molar-refractivity contribution in [3.63, 3.8) is 0 Å². The first-order chi connectivity index (χ1) is 8.67. The highest BCUT2D eigenvalue weighted by molar-refractivity contribution is 5.07.